The molecule has 0 N–H and O–H groups in total. The van der Waals surface area contributed by atoms with Crippen LogP contribution in [-0.4, -0.2) is 29.1 Å². The number of hydrogen-bond acceptors (Lipinski definition) is 4. The summed E-state index contributed by atoms with van der Waals surface area (Å²) in [6.45, 7) is 0. The Bertz CT molecular complexity index is 3560. The van der Waals surface area contributed by atoms with E-state index in [0.717, 1.165) is 94.0 Å². The molecule has 12 rings (SSSR count). The fourth-order valence-electron chi connectivity index (χ4n) is 9.06. The minimum Gasteiger partial charge on any atom is -0.278 e. The first-order valence-corrected chi connectivity index (χ1v) is 20.8. The molecule has 0 amide bonds. The second-order valence-electron chi connectivity index (χ2n) is 15.5. The van der Waals surface area contributed by atoms with E-state index >= 15 is 0 Å². The third kappa shape index (κ3) is 5.80. The van der Waals surface area contributed by atoms with E-state index in [1.54, 1.807) is 0 Å². The van der Waals surface area contributed by atoms with Crippen molar-refractivity contribution in [2.75, 3.05) is 0 Å². The molecule has 0 unspecified atom stereocenters. The van der Waals surface area contributed by atoms with Gasteiger partial charge in [0.25, 0.3) is 0 Å². The SMILES string of the molecule is c1ccc(-c2nc(-c3cccc(-c4c(-c5ccccc5)n5nc(-c6ccccc6)c(-c6ccccc6)c5c5ccccc45)c3)nc(-n3c4ccccc4c4ccccc43)n2)cc1. The van der Waals surface area contributed by atoms with Crippen LogP contribution in [0.5, 0.6) is 0 Å². The number of aromatic nitrogens is 6. The van der Waals surface area contributed by atoms with Gasteiger partial charge in [-0.1, -0.05) is 200 Å². The number of hydrogen-bond donors (Lipinski definition) is 0. The minimum atomic E-state index is 0.562. The van der Waals surface area contributed by atoms with Gasteiger partial charge in [-0.2, -0.15) is 15.1 Å². The number of pyridine rings is 1. The molecule has 6 nitrogen and oxygen atoms in total. The molecular formula is C56H36N6. The number of rotatable bonds is 7. The topological polar surface area (TPSA) is 60.9 Å². The summed E-state index contributed by atoms with van der Waals surface area (Å²) < 4.78 is 4.34. The molecule has 4 aromatic heterocycles. The normalized spacial score (nSPS) is 11.5. The number of nitrogens with zero attached hydrogens (tertiary/aromatic N) is 6. The van der Waals surface area contributed by atoms with Gasteiger partial charge in [0, 0.05) is 49.5 Å². The maximum atomic E-state index is 5.57. The smallest absolute Gasteiger partial charge is 0.238 e. The van der Waals surface area contributed by atoms with Crippen LogP contribution in [0.15, 0.2) is 218 Å². The lowest BCUT2D eigenvalue weighted by molar-refractivity contribution is 0.953. The standard InChI is InChI=1S/C56H36N6/c1-5-20-37(21-6-1)50-51(38-22-7-2-8-23-38)60-62-52(39-24-9-3-10-25-39)49(45-32-13-14-33-46(45)53(50)62)41-28-19-29-42(36-41)55-57-54(40-26-11-4-12-27-40)58-56(59-55)61-47-34-17-15-30-43(47)44-31-16-18-35-48(44)61/h1-36H. The fourth-order valence-corrected chi connectivity index (χ4v) is 9.06. The Morgan fingerprint density at radius 3 is 1.42 bits per heavy atom. The molecule has 0 aliphatic carbocycles. The van der Waals surface area contributed by atoms with Crippen molar-refractivity contribution in [2.45, 2.75) is 0 Å². The highest BCUT2D eigenvalue weighted by molar-refractivity contribution is 6.15. The van der Waals surface area contributed by atoms with Crippen molar-refractivity contribution < 1.29 is 0 Å². The predicted octanol–water partition coefficient (Wildman–Crippen LogP) is 13.8. The zero-order valence-electron chi connectivity index (χ0n) is 33.5. The summed E-state index contributed by atoms with van der Waals surface area (Å²) in [4.78, 5) is 15.7. The molecule has 0 bridgehead atoms. The van der Waals surface area contributed by atoms with Gasteiger partial charge in [0.05, 0.1) is 22.2 Å². The molecule has 0 spiro atoms. The molecule has 6 heteroatoms. The Kier molecular flexibility index (Phi) is 8.38. The van der Waals surface area contributed by atoms with Gasteiger partial charge >= 0.3 is 0 Å². The third-order valence-electron chi connectivity index (χ3n) is 11.8. The lowest BCUT2D eigenvalue weighted by Crippen LogP contribution is -2.06. The number of para-hydroxylation sites is 2. The van der Waals surface area contributed by atoms with Gasteiger partial charge in [-0.3, -0.25) is 4.57 Å². The molecule has 0 aliphatic rings. The summed E-state index contributed by atoms with van der Waals surface area (Å²) in [7, 11) is 0. The van der Waals surface area contributed by atoms with E-state index in [1.165, 1.54) is 0 Å². The Labute approximate surface area is 357 Å². The van der Waals surface area contributed by atoms with Crippen LogP contribution in [0.2, 0.25) is 0 Å². The van der Waals surface area contributed by atoms with Crippen LogP contribution in [0.4, 0.5) is 0 Å². The second-order valence-corrected chi connectivity index (χ2v) is 15.5. The Morgan fingerprint density at radius 1 is 0.323 bits per heavy atom. The van der Waals surface area contributed by atoms with Gasteiger partial charge in [-0.15, -0.1) is 0 Å². The zero-order chi connectivity index (χ0) is 41.0. The van der Waals surface area contributed by atoms with Crippen molar-refractivity contribution in [3.05, 3.63) is 218 Å². The van der Waals surface area contributed by atoms with Crippen LogP contribution in [0.1, 0.15) is 0 Å². The molecular weight excluding hydrogens is 757 g/mol. The average Bonchev–Trinajstić information content (AvgIpc) is 3.92. The maximum Gasteiger partial charge on any atom is 0.238 e. The average molecular weight is 793 g/mol. The third-order valence-corrected chi connectivity index (χ3v) is 11.8. The van der Waals surface area contributed by atoms with E-state index in [0.29, 0.717) is 17.6 Å². The van der Waals surface area contributed by atoms with Crippen LogP contribution < -0.4 is 0 Å². The molecule has 4 heterocycles. The molecule has 0 atom stereocenters. The Balaban J connectivity index is 1.14. The monoisotopic (exact) mass is 792 g/mol. The van der Waals surface area contributed by atoms with Crippen molar-refractivity contribution in [3.63, 3.8) is 0 Å². The van der Waals surface area contributed by atoms with Crippen LogP contribution in [0.3, 0.4) is 0 Å². The van der Waals surface area contributed by atoms with Crippen molar-refractivity contribution in [2.24, 2.45) is 0 Å². The van der Waals surface area contributed by atoms with Crippen molar-refractivity contribution in [1.29, 1.82) is 0 Å². The molecule has 0 fully saturated rings. The maximum absolute atomic E-state index is 5.57. The quantitative estimate of drug-likeness (QED) is 0.161. The summed E-state index contributed by atoms with van der Waals surface area (Å²) in [5.41, 5.74) is 13.3. The van der Waals surface area contributed by atoms with Gasteiger partial charge in [-0.05, 0) is 34.7 Å². The largest absolute Gasteiger partial charge is 0.278 e. The van der Waals surface area contributed by atoms with E-state index < -0.39 is 0 Å². The van der Waals surface area contributed by atoms with Gasteiger partial charge in [0.15, 0.2) is 11.6 Å². The summed E-state index contributed by atoms with van der Waals surface area (Å²) in [6, 6.07) is 76.2. The highest BCUT2D eigenvalue weighted by Crippen LogP contribution is 2.46. The second kappa shape index (κ2) is 14.7. The molecule has 0 saturated carbocycles. The molecule has 8 aromatic carbocycles. The predicted molar refractivity (Wildman–Crippen MR) is 253 cm³/mol. The molecule has 0 aliphatic heterocycles. The van der Waals surface area contributed by atoms with Gasteiger partial charge in [0.1, 0.15) is 5.69 Å². The molecule has 0 saturated heterocycles. The van der Waals surface area contributed by atoms with Crippen LogP contribution in [0.25, 0.3) is 112 Å². The zero-order valence-corrected chi connectivity index (χ0v) is 33.5. The highest BCUT2D eigenvalue weighted by Gasteiger charge is 2.26. The van der Waals surface area contributed by atoms with Crippen LogP contribution in [0, 0.1) is 0 Å². The first-order valence-electron chi connectivity index (χ1n) is 20.8. The number of fused-ring (bicyclic) bond motifs is 6. The van der Waals surface area contributed by atoms with E-state index in [-0.39, 0.29) is 0 Å². The fraction of sp³-hybridized carbons (Fsp3) is 0. The Hall–Kier alpha value is -8.48. The van der Waals surface area contributed by atoms with E-state index in [4.69, 9.17) is 20.1 Å². The van der Waals surface area contributed by atoms with Gasteiger partial charge in [0.2, 0.25) is 5.95 Å². The molecule has 0 radical (unpaired) electrons. The van der Waals surface area contributed by atoms with E-state index in [1.807, 2.05) is 18.2 Å². The van der Waals surface area contributed by atoms with E-state index in [9.17, 15) is 0 Å². The molecule has 12 aromatic rings. The molecule has 62 heavy (non-hydrogen) atoms. The van der Waals surface area contributed by atoms with Crippen molar-refractivity contribution >= 4 is 38.1 Å². The van der Waals surface area contributed by atoms with E-state index in [2.05, 4.69) is 209 Å². The van der Waals surface area contributed by atoms with Crippen LogP contribution >= 0.6 is 0 Å². The number of benzene rings is 8. The summed E-state index contributed by atoms with van der Waals surface area (Å²) in [5.74, 6) is 1.75. The summed E-state index contributed by atoms with van der Waals surface area (Å²) >= 11 is 0. The van der Waals surface area contributed by atoms with Crippen LogP contribution in [-0.2, 0) is 0 Å². The molecule has 290 valence electrons. The summed E-state index contributed by atoms with van der Waals surface area (Å²) in [6.07, 6.45) is 0. The van der Waals surface area contributed by atoms with Crippen molar-refractivity contribution in [1.82, 2.24) is 29.1 Å². The minimum absolute atomic E-state index is 0.562. The first kappa shape index (κ1) is 35.5. The first-order chi connectivity index (χ1) is 30.8. The Morgan fingerprint density at radius 2 is 0.790 bits per heavy atom. The summed E-state index contributed by atoms with van der Waals surface area (Å²) in [5, 5.41) is 10.1. The van der Waals surface area contributed by atoms with Crippen molar-refractivity contribution in [3.8, 4) is 73.5 Å². The lowest BCUT2D eigenvalue weighted by atomic mass is 9.90. The van der Waals surface area contributed by atoms with Gasteiger partial charge in [-0.25, -0.2) is 9.50 Å². The highest BCUT2D eigenvalue weighted by atomic mass is 15.2. The van der Waals surface area contributed by atoms with Gasteiger partial charge < -0.3 is 0 Å². The lowest BCUT2D eigenvalue weighted by Gasteiger charge is -2.18.